The maximum Gasteiger partial charge on any atom is 0.257 e. The topological polar surface area (TPSA) is 77.0 Å². The number of carbonyl (C=O) groups excluding carboxylic acids is 1. The lowest BCUT2D eigenvalue weighted by Gasteiger charge is -2.21. The van der Waals surface area contributed by atoms with E-state index >= 15 is 0 Å². The van der Waals surface area contributed by atoms with Crippen LogP contribution in [0.4, 0.5) is 0 Å². The Kier molecular flexibility index (Phi) is 7.79. The van der Waals surface area contributed by atoms with Gasteiger partial charge < -0.3 is 10.6 Å². The van der Waals surface area contributed by atoms with Gasteiger partial charge >= 0.3 is 0 Å². The van der Waals surface area contributed by atoms with Gasteiger partial charge in [-0.25, -0.2) is 4.68 Å². The second kappa shape index (κ2) is 9.87. The van der Waals surface area contributed by atoms with Gasteiger partial charge in [-0.1, -0.05) is 18.2 Å². The molecule has 2 aromatic heterocycles. The third kappa shape index (κ3) is 4.61. The number of halogens is 2. The van der Waals surface area contributed by atoms with Gasteiger partial charge in [-0.15, -0.1) is 24.8 Å². The van der Waals surface area contributed by atoms with E-state index in [9.17, 15) is 4.79 Å². The molecule has 0 saturated carbocycles. The Hall–Kier alpha value is -2.41. The predicted molar refractivity (Wildman–Crippen MR) is 119 cm³/mol. The van der Waals surface area contributed by atoms with Crippen molar-refractivity contribution in [1.82, 2.24) is 19.7 Å². The first-order valence-electron chi connectivity index (χ1n) is 9.24. The molecule has 3 heterocycles. The molecule has 3 aromatic rings. The van der Waals surface area contributed by atoms with E-state index in [-0.39, 0.29) is 36.8 Å². The van der Waals surface area contributed by atoms with Crippen LogP contribution in [0.1, 0.15) is 23.7 Å². The van der Waals surface area contributed by atoms with Gasteiger partial charge in [0.25, 0.3) is 5.91 Å². The first-order valence-corrected chi connectivity index (χ1v) is 9.24. The van der Waals surface area contributed by atoms with E-state index in [1.165, 1.54) is 0 Å². The van der Waals surface area contributed by atoms with E-state index in [0.29, 0.717) is 30.3 Å². The molecule has 6 nitrogen and oxygen atoms in total. The first kappa shape index (κ1) is 22.9. The molecule has 1 saturated heterocycles. The molecule has 1 aliphatic rings. The minimum Gasteiger partial charge on any atom is -0.335 e. The van der Waals surface area contributed by atoms with Crippen LogP contribution in [-0.2, 0) is 0 Å². The number of hydrogen-bond donors (Lipinski definition) is 1. The number of likely N-dealkylation sites (tertiary alicyclic amines) is 1. The largest absolute Gasteiger partial charge is 0.335 e. The van der Waals surface area contributed by atoms with Gasteiger partial charge in [-0.3, -0.25) is 9.78 Å². The van der Waals surface area contributed by atoms with Gasteiger partial charge in [0.05, 0.1) is 11.3 Å². The van der Waals surface area contributed by atoms with Crippen LogP contribution in [0.2, 0.25) is 0 Å². The van der Waals surface area contributed by atoms with Crippen LogP contribution < -0.4 is 5.73 Å². The number of hydrogen-bond acceptors (Lipinski definition) is 4. The monoisotopic (exact) mass is 433 g/mol. The van der Waals surface area contributed by atoms with Crippen molar-refractivity contribution in [3.8, 4) is 16.9 Å². The number of nitrogens with zero attached hydrogens (tertiary/aromatic N) is 4. The molecule has 2 atom stereocenters. The lowest BCUT2D eigenvalue weighted by Crippen LogP contribution is -2.34. The molecule has 0 aliphatic carbocycles. The highest BCUT2D eigenvalue weighted by molar-refractivity contribution is 6.00. The number of aromatic nitrogens is 3. The average Bonchev–Trinajstić information content (AvgIpc) is 3.33. The van der Waals surface area contributed by atoms with E-state index in [0.717, 1.165) is 17.7 Å². The normalized spacial score (nSPS) is 18.1. The predicted octanol–water partition coefficient (Wildman–Crippen LogP) is 3.59. The van der Waals surface area contributed by atoms with Gasteiger partial charge in [0, 0.05) is 36.7 Å². The first-order chi connectivity index (χ1) is 13.2. The van der Waals surface area contributed by atoms with E-state index in [2.05, 4.69) is 11.9 Å². The number of pyridine rings is 1. The summed E-state index contributed by atoms with van der Waals surface area (Å²) >= 11 is 0. The third-order valence-corrected chi connectivity index (χ3v) is 5.16. The van der Waals surface area contributed by atoms with Crippen molar-refractivity contribution in [2.75, 3.05) is 13.1 Å². The molecule has 2 N–H and O–H groups in total. The minimum absolute atomic E-state index is 0. The molecule has 8 heteroatoms. The summed E-state index contributed by atoms with van der Waals surface area (Å²) in [5.74, 6) is 0.356. The van der Waals surface area contributed by atoms with Crippen molar-refractivity contribution in [1.29, 1.82) is 0 Å². The Morgan fingerprint density at radius 2 is 1.93 bits per heavy atom. The van der Waals surface area contributed by atoms with Crippen LogP contribution in [0.25, 0.3) is 16.9 Å². The zero-order valence-electron chi connectivity index (χ0n) is 16.1. The second-order valence-electron chi connectivity index (χ2n) is 7.06. The SMILES string of the molecule is CC1CC(CN)CN1C(=O)c1cn(-c2ccccc2)nc1-c1cccnc1.Cl.Cl. The summed E-state index contributed by atoms with van der Waals surface area (Å²) in [6, 6.07) is 13.8. The molecule has 29 heavy (non-hydrogen) atoms. The smallest absolute Gasteiger partial charge is 0.257 e. The third-order valence-electron chi connectivity index (χ3n) is 5.16. The van der Waals surface area contributed by atoms with Crippen LogP contribution in [0.15, 0.2) is 61.1 Å². The number of nitrogens with two attached hydrogens (primary N) is 1. The summed E-state index contributed by atoms with van der Waals surface area (Å²) in [4.78, 5) is 19.5. The highest BCUT2D eigenvalue weighted by Crippen LogP contribution is 2.29. The zero-order valence-corrected chi connectivity index (χ0v) is 17.8. The van der Waals surface area contributed by atoms with Crippen LogP contribution in [0.5, 0.6) is 0 Å². The Morgan fingerprint density at radius 3 is 2.55 bits per heavy atom. The molecule has 154 valence electrons. The van der Waals surface area contributed by atoms with Gasteiger partial charge in [0.2, 0.25) is 0 Å². The molecular formula is C21H25Cl2N5O. The maximum atomic E-state index is 13.4. The van der Waals surface area contributed by atoms with Crippen LogP contribution >= 0.6 is 24.8 Å². The van der Waals surface area contributed by atoms with Gasteiger partial charge in [-0.05, 0) is 50.1 Å². The summed E-state index contributed by atoms with van der Waals surface area (Å²) in [5.41, 5.74) is 8.83. The van der Waals surface area contributed by atoms with E-state index in [4.69, 9.17) is 10.8 Å². The summed E-state index contributed by atoms with van der Waals surface area (Å²) in [5, 5.41) is 4.71. The maximum absolute atomic E-state index is 13.4. The van der Waals surface area contributed by atoms with Crippen LogP contribution in [-0.4, -0.2) is 44.7 Å². The molecule has 2 unspecified atom stereocenters. The molecule has 0 spiro atoms. The number of benzene rings is 1. The molecule has 1 aliphatic heterocycles. The molecule has 0 radical (unpaired) electrons. The minimum atomic E-state index is -0.000478. The lowest BCUT2D eigenvalue weighted by molar-refractivity contribution is 0.0744. The molecule has 1 aromatic carbocycles. The Morgan fingerprint density at radius 1 is 1.17 bits per heavy atom. The van der Waals surface area contributed by atoms with Gasteiger partial charge in [0.1, 0.15) is 5.69 Å². The van der Waals surface area contributed by atoms with Crippen molar-refractivity contribution >= 4 is 30.7 Å². The summed E-state index contributed by atoms with van der Waals surface area (Å²) < 4.78 is 1.76. The van der Waals surface area contributed by atoms with E-state index in [1.807, 2.05) is 53.6 Å². The number of rotatable bonds is 4. The van der Waals surface area contributed by atoms with Crippen LogP contribution in [0, 0.1) is 5.92 Å². The number of carbonyl (C=O) groups is 1. The van der Waals surface area contributed by atoms with Crippen molar-refractivity contribution in [2.45, 2.75) is 19.4 Å². The quantitative estimate of drug-likeness (QED) is 0.681. The van der Waals surface area contributed by atoms with Crippen LogP contribution in [0.3, 0.4) is 0 Å². The lowest BCUT2D eigenvalue weighted by atomic mass is 10.1. The van der Waals surface area contributed by atoms with Crippen molar-refractivity contribution < 1.29 is 4.79 Å². The van der Waals surface area contributed by atoms with E-state index < -0.39 is 0 Å². The molecule has 1 amide bonds. The van der Waals surface area contributed by atoms with E-state index in [1.54, 1.807) is 17.1 Å². The highest BCUT2D eigenvalue weighted by atomic mass is 35.5. The zero-order chi connectivity index (χ0) is 18.8. The Labute approximate surface area is 182 Å². The van der Waals surface area contributed by atoms with Gasteiger partial charge in [0.15, 0.2) is 0 Å². The molecular weight excluding hydrogens is 409 g/mol. The fourth-order valence-electron chi connectivity index (χ4n) is 3.71. The standard InChI is InChI=1S/C21H23N5O.2ClH/c1-15-10-16(11-22)13-25(15)21(27)19-14-26(18-7-3-2-4-8-18)24-20(19)17-6-5-9-23-12-17;;/h2-9,12,14-16H,10-11,13,22H2,1H3;2*1H. The number of amides is 1. The Balaban J connectivity index is 0.00000150. The Bertz CT molecular complexity index is 933. The summed E-state index contributed by atoms with van der Waals surface area (Å²) in [6.45, 7) is 3.38. The fraction of sp³-hybridized carbons (Fsp3) is 0.286. The average molecular weight is 434 g/mol. The van der Waals surface area contributed by atoms with Crippen molar-refractivity contribution in [3.63, 3.8) is 0 Å². The second-order valence-corrected chi connectivity index (χ2v) is 7.06. The summed E-state index contributed by atoms with van der Waals surface area (Å²) in [7, 11) is 0. The molecule has 4 rings (SSSR count). The van der Waals surface area contributed by atoms with Crippen molar-refractivity contribution in [2.24, 2.45) is 11.7 Å². The van der Waals surface area contributed by atoms with Crippen molar-refractivity contribution in [3.05, 3.63) is 66.6 Å². The summed E-state index contributed by atoms with van der Waals surface area (Å²) in [6.07, 6.45) is 6.22. The van der Waals surface area contributed by atoms with Gasteiger partial charge in [-0.2, -0.15) is 5.10 Å². The molecule has 0 bridgehead atoms. The molecule has 1 fully saturated rings. The number of para-hydroxylation sites is 1. The highest BCUT2D eigenvalue weighted by Gasteiger charge is 2.34. The fourth-order valence-corrected chi connectivity index (χ4v) is 3.71.